The fourth-order valence-electron chi connectivity index (χ4n) is 2.61. The van der Waals surface area contributed by atoms with Crippen LogP contribution in [0.2, 0.25) is 0 Å². The van der Waals surface area contributed by atoms with Crippen molar-refractivity contribution in [3.8, 4) is 17.0 Å². The van der Waals surface area contributed by atoms with E-state index in [2.05, 4.69) is 21.7 Å². The molecular formula is C14H17N3O. The molecule has 3 rings (SSSR count). The van der Waals surface area contributed by atoms with E-state index in [1.54, 1.807) is 0 Å². The van der Waals surface area contributed by atoms with E-state index in [9.17, 15) is 0 Å². The topological polar surface area (TPSA) is 53.1 Å². The van der Waals surface area contributed by atoms with Crippen LogP contribution >= 0.6 is 0 Å². The van der Waals surface area contributed by atoms with E-state index in [4.69, 9.17) is 10.5 Å². The molecule has 0 bridgehead atoms. The first kappa shape index (κ1) is 11.3. The second-order valence-corrected chi connectivity index (χ2v) is 4.65. The summed E-state index contributed by atoms with van der Waals surface area (Å²) in [6.45, 7) is 3.28. The summed E-state index contributed by atoms with van der Waals surface area (Å²) in [5.41, 5.74) is 10.3. The highest BCUT2D eigenvalue weighted by Crippen LogP contribution is 2.31. The Morgan fingerprint density at radius 1 is 1.44 bits per heavy atom. The van der Waals surface area contributed by atoms with E-state index < -0.39 is 0 Å². The van der Waals surface area contributed by atoms with Gasteiger partial charge in [0.05, 0.1) is 24.5 Å². The summed E-state index contributed by atoms with van der Waals surface area (Å²) < 4.78 is 7.61. The largest absolute Gasteiger partial charge is 0.493 e. The van der Waals surface area contributed by atoms with Crippen LogP contribution in [0.25, 0.3) is 11.3 Å². The Labute approximate surface area is 106 Å². The zero-order valence-electron chi connectivity index (χ0n) is 10.7. The fourth-order valence-corrected chi connectivity index (χ4v) is 2.61. The predicted octanol–water partition coefficient (Wildman–Crippen LogP) is 1.79. The van der Waals surface area contributed by atoms with Crippen molar-refractivity contribution in [3.63, 3.8) is 0 Å². The van der Waals surface area contributed by atoms with Gasteiger partial charge in [-0.25, -0.2) is 4.98 Å². The van der Waals surface area contributed by atoms with Crippen molar-refractivity contribution in [2.45, 2.75) is 19.9 Å². The summed E-state index contributed by atoms with van der Waals surface area (Å²) in [5.74, 6) is 1.93. The van der Waals surface area contributed by atoms with E-state index >= 15 is 0 Å². The molecule has 0 saturated heterocycles. The van der Waals surface area contributed by atoms with Crippen LogP contribution in [-0.4, -0.2) is 16.2 Å². The quantitative estimate of drug-likeness (QED) is 0.875. The van der Waals surface area contributed by atoms with Gasteiger partial charge in [0, 0.05) is 19.0 Å². The number of rotatable bonds is 2. The van der Waals surface area contributed by atoms with Crippen LogP contribution in [-0.2, 0) is 20.0 Å². The van der Waals surface area contributed by atoms with E-state index in [1.807, 2.05) is 20.0 Å². The summed E-state index contributed by atoms with van der Waals surface area (Å²) in [5, 5.41) is 0. The number of benzene rings is 1. The Balaban J connectivity index is 2.12. The van der Waals surface area contributed by atoms with Crippen molar-refractivity contribution in [3.05, 3.63) is 35.3 Å². The molecule has 4 heteroatoms. The summed E-state index contributed by atoms with van der Waals surface area (Å²) in [6.07, 6.45) is 0.990. The fraction of sp³-hybridized carbons (Fsp3) is 0.357. The molecule has 0 atom stereocenters. The average molecular weight is 243 g/mol. The van der Waals surface area contributed by atoms with E-state index in [0.717, 1.165) is 36.0 Å². The summed E-state index contributed by atoms with van der Waals surface area (Å²) >= 11 is 0. The SMILES string of the molecule is Cc1nc(CN)n(C)c1-c1ccc2c(c1)CCO2. The number of aromatic nitrogens is 2. The molecule has 0 unspecified atom stereocenters. The lowest BCUT2D eigenvalue weighted by molar-refractivity contribution is 0.357. The van der Waals surface area contributed by atoms with Gasteiger partial charge >= 0.3 is 0 Å². The first-order valence-corrected chi connectivity index (χ1v) is 6.19. The first-order valence-electron chi connectivity index (χ1n) is 6.19. The molecular weight excluding hydrogens is 226 g/mol. The monoisotopic (exact) mass is 243 g/mol. The number of hydrogen-bond acceptors (Lipinski definition) is 3. The maximum absolute atomic E-state index is 5.70. The van der Waals surface area contributed by atoms with E-state index in [-0.39, 0.29) is 0 Å². The highest BCUT2D eigenvalue weighted by atomic mass is 16.5. The number of aryl methyl sites for hydroxylation is 1. The number of ether oxygens (including phenoxy) is 1. The van der Waals surface area contributed by atoms with Crippen LogP contribution in [0.1, 0.15) is 17.1 Å². The zero-order chi connectivity index (χ0) is 12.7. The van der Waals surface area contributed by atoms with Gasteiger partial charge in [-0.2, -0.15) is 0 Å². The second kappa shape index (κ2) is 4.14. The molecule has 1 aromatic carbocycles. The summed E-state index contributed by atoms with van der Waals surface area (Å²) in [4.78, 5) is 4.51. The van der Waals surface area contributed by atoms with E-state index in [0.29, 0.717) is 6.54 Å². The Morgan fingerprint density at radius 2 is 2.28 bits per heavy atom. The number of nitrogens with two attached hydrogens (primary N) is 1. The van der Waals surface area contributed by atoms with Gasteiger partial charge in [-0.1, -0.05) is 0 Å². The van der Waals surface area contributed by atoms with Crippen molar-refractivity contribution in [2.75, 3.05) is 6.61 Å². The number of nitrogens with zero attached hydrogens (tertiary/aromatic N) is 2. The van der Waals surface area contributed by atoms with Crippen LogP contribution in [0.3, 0.4) is 0 Å². The van der Waals surface area contributed by atoms with Gasteiger partial charge in [0.15, 0.2) is 0 Å². The molecule has 0 spiro atoms. The molecule has 4 nitrogen and oxygen atoms in total. The van der Waals surface area contributed by atoms with Gasteiger partial charge in [-0.05, 0) is 30.7 Å². The minimum absolute atomic E-state index is 0.464. The van der Waals surface area contributed by atoms with Gasteiger partial charge in [-0.15, -0.1) is 0 Å². The number of hydrogen-bond donors (Lipinski definition) is 1. The van der Waals surface area contributed by atoms with Gasteiger partial charge in [-0.3, -0.25) is 0 Å². The van der Waals surface area contributed by atoms with Gasteiger partial charge in [0.2, 0.25) is 0 Å². The first-order chi connectivity index (χ1) is 8.70. The summed E-state index contributed by atoms with van der Waals surface area (Å²) in [7, 11) is 2.02. The highest BCUT2D eigenvalue weighted by Gasteiger charge is 2.16. The molecule has 0 fully saturated rings. The third kappa shape index (κ3) is 1.61. The highest BCUT2D eigenvalue weighted by molar-refractivity contribution is 5.65. The van der Waals surface area contributed by atoms with Gasteiger partial charge < -0.3 is 15.0 Å². The number of imidazole rings is 1. The summed E-state index contributed by atoms with van der Waals surface area (Å²) in [6, 6.07) is 6.34. The molecule has 94 valence electrons. The van der Waals surface area contributed by atoms with Crippen LogP contribution in [0.5, 0.6) is 5.75 Å². The molecule has 18 heavy (non-hydrogen) atoms. The Kier molecular flexibility index (Phi) is 2.59. The molecule has 1 aliphatic rings. The van der Waals surface area contributed by atoms with Crippen molar-refractivity contribution >= 4 is 0 Å². The van der Waals surface area contributed by atoms with Crippen LogP contribution in [0, 0.1) is 6.92 Å². The van der Waals surface area contributed by atoms with Gasteiger partial charge in [0.25, 0.3) is 0 Å². The molecule has 0 radical (unpaired) electrons. The minimum atomic E-state index is 0.464. The Hall–Kier alpha value is -1.81. The van der Waals surface area contributed by atoms with Crippen molar-refractivity contribution in [2.24, 2.45) is 12.8 Å². The average Bonchev–Trinajstić information content (AvgIpc) is 2.93. The molecule has 1 aromatic heterocycles. The van der Waals surface area contributed by atoms with E-state index in [1.165, 1.54) is 11.1 Å². The lowest BCUT2D eigenvalue weighted by atomic mass is 10.1. The Morgan fingerprint density at radius 3 is 3.00 bits per heavy atom. The maximum Gasteiger partial charge on any atom is 0.122 e. The second-order valence-electron chi connectivity index (χ2n) is 4.65. The third-order valence-corrected chi connectivity index (χ3v) is 3.51. The molecule has 1 aliphatic heterocycles. The Bertz CT molecular complexity index is 601. The van der Waals surface area contributed by atoms with Crippen molar-refractivity contribution in [1.29, 1.82) is 0 Å². The van der Waals surface area contributed by atoms with Crippen molar-refractivity contribution in [1.82, 2.24) is 9.55 Å². The molecule has 0 saturated carbocycles. The van der Waals surface area contributed by atoms with Crippen molar-refractivity contribution < 1.29 is 4.74 Å². The normalized spacial score (nSPS) is 13.5. The molecule has 2 heterocycles. The van der Waals surface area contributed by atoms with Crippen LogP contribution in [0.4, 0.5) is 0 Å². The molecule has 2 aromatic rings. The minimum Gasteiger partial charge on any atom is -0.493 e. The van der Waals surface area contributed by atoms with Gasteiger partial charge in [0.1, 0.15) is 11.6 Å². The molecule has 0 amide bonds. The smallest absolute Gasteiger partial charge is 0.122 e. The standard InChI is InChI=1S/C14H17N3O/c1-9-14(17(2)13(8-15)16-9)11-3-4-12-10(7-11)5-6-18-12/h3-4,7H,5-6,8,15H2,1-2H3. The maximum atomic E-state index is 5.70. The van der Waals surface area contributed by atoms with Crippen LogP contribution < -0.4 is 10.5 Å². The van der Waals surface area contributed by atoms with Crippen LogP contribution in [0.15, 0.2) is 18.2 Å². The lowest BCUT2D eigenvalue weighted by Crippen LogP contribution is -2.05. The predicted molar refractivity (Wildman–Crippen MR) is 70.5 cm³/mol. The lowest BCUT2D eigenvalue weighted by Gasteiger charge is -2.07. The number of fused-ring (bicyclic) bond motifs is 1. The molecule has 0 aliphatic carbocycles. The molecule has 2 N–H and O–H groups in total. The third-order valence-electron chi connectivity index (χ3n) is 3.51. The zero-order valence-corrected chi connectivity index (χ0v) is 10.7.